The first kappa shape index (κ1) is 15.5. The van der Waals surface area contributed by atoms with Crippen LogP contribution >= 0.6 is 0 Å². The van der Waals surface area contributed by atoms with E-state index in [9.17, 15) is 4.39 Å². The number of nitrogens with two attached hydrogens (primary N) is 1. The van der Waals surface area contributed by atoms with E-state index in [0.717, 1.165) is 23.3 Å². The van der Waals surface area contributed by atoms with Crippen molar-refractivity contribution in [2.24, 2.45) is 5.73 Å². The maximum absolute atomic E-state index is 14.1. The van der Waals surface area contributed by atoms with Crippen LogP contribution in [0.2, 0.25) is 0 Å². The largest absolute Gasteiger partial charge is 0.497 e. The third-order valence-corrected chi connectivity index (χ3v) is 3.75. The van der Waals surface area contributed by atoms with Gasteiger partial charge in [0, 0.05) is 11.6 Å². The third-order valence-electron chi connectivity index (χ3n) is 3.75. The molecule has 0 radical (unpaired) electrons. The number of halogens is 1. The zero-order valence-corrected chi connectivity index (χ0v) is 12.8. The van der Waals surface area contributed by atoms with Crippen molar-refractivity contribution >= 4 is 0 Å². The summed E-state index contributed by atoms with van der Waals surface area (Å²) in [5.41, 5.74) is 9.85. The SMILES string of the molecule is COc1ccc(CCC(N)c2c(C)cc(C)cc2F)cc1. The fraction of sp³-hybridized carbons (Fsp3) is 0.333. The van der Waals surface area contributed by atoms with Crippen LogP contribution < -0.4 is 10.5 Å². The molecule has 2 aromatic carbocycles. The average molecular weight is 287 g/mol. The molecule has 21 heavy (non-hydrogen) atoms. The Balaban J connectivity index is 2.06. The second kappa shape index (κ2) is 6.72. The standard InChI is InChI=1S/C18H22FNO/c1-12-10-13(2)18(16(19)11-12)17(20)9-6-14-4-7-15(21-3)8-5-14/h4-5,7-8,10-11,17H,6,9,20H2,1-3H3. The normalized spacial score (nSPS) is 12.2. The summed E-state index contributed by atoms with van der Waals surface area (Å²) in [5.74, 6) is 0.637. The van der Waals surface area contributed by atoms with Gasteiger partial charge in [0.05, 0.1) is 7.11 Å². The molecule has 1 unspecified atom stereocenters. The van der Waals surface area contributed by atoms with Crippen molar-refractivity contribution in [3.05, 3.63) is 64.5 Å². The van der Waals surface area contributed by atoms with Crippen LogP contribution in [0.5, 0.6) is 5.75 Å². The second-order valence-corrected chi connectivity index (χ2v) is 5.47. The molecule has 2 N–H and O–H groups in total. The number of benzene rings is 2. The molecule has 0 spiro atoms. The highest BCUT2D eigenvalue weighted by Crippen LogP contribution is 2.25. The average Bonchev–Trinajstić information content (AvgIpc) is 2.44. The molecule has 2 aromatic rings. The van der Waals surface area contributed by atoms with Crippen molar-refractivity contribution in [1.29, 1.82) is 0 Å². The first-order chi connectivity index (χ1) is 10.0. The second-order valence-electron chi connectivity index (χ2n) is 5.47. The van der Waals surface area contributed by atoms with Gasteiger partial charge in [0.25, 0.3) is 0 Å². The van der Waals surface area contributed by atoms with Crippen LogP contribution in [0.25, 0.3) is 0 Å². The third kappa shape index (κ3) is 3.82. The fourth-order valence-corrected chi connectivity index (χ4v) is 2.66. The minimum absolute atomic E-state index is 0.199. The number of aryl methyl sites for hydroxylation is 3. The minimum Gasteiger partial charge on any atom is -0.497 e. The van der Waals surface area contributed by atoms with E-state index in [1.807, 2.05) is 44.2 Å². The number of methoxy groups -OCH3 is 1. The molecule has 0 aliphatic heterocycles. The summed E-state index contributed by atoms with van der Waals surface area (Å²) in [7, 11) is 1.65. The molecule has 0 heterocycles. The number of hydrogen-bond donors (Lipinski definition) is 1. The van der Waals surface area contributed by atoms with Gasteiger partial charge in [-0.15, -0.1) is 0 Å². The lowest BCUT2D eigenvalue weighted by Crippen LogP contribution is -2.15. The van der Waals surface area contributed by atoms with E-state index in [4.69, 9.17) is 10.5 Å². The summed E-state index contributed by atoms with van der Waals surface area (Å²) in [5, 5.41) is 0. The van der Waals surface area contributed by atoms with Crippen molar-refractivity contribution in [2.45, 2.75) is 32.7 Å². The maximum atomic E-state index is 14.1. The van der Waals surface area contributed by atoms with Gasteiger partial charge in [-0.1, -0.05) is 18.2 Å². The Kier molecular flexibility index (Phi) is 4.97. The van der Waals surface area contributed by atoms with Crippen LogP contribution in [-0.4, -0.2) is 7.11 Å². The van der Waals surface area contributed by atoms with E-state index in [0.29, 0.717) is 12.0 Å². The van der Waals surface area contributed by atoms with Gasteiger partial charge in [-0.3, -0.25) is 0 Å². The Hall–Kier alpha value is -1.87. The quantitative estimate of drug-likeness (QED) is 0.899. The Morgan fingerprint density at radius 3 is 2.38 bits per heavy atom. The Labute approximate surface area is 125 Å². The molecule has 0 aromatic heterocycles. The van der Waals surface area contributed by atoms with Crippen LogP contribution in [-0.2, 0) is 6.42 Å². The Morgan fingerprint density at radius 2 is 1.81 bits per heavy atom. The smallest absolute Gasteiger partial charge is 0.128 e. The predicted molar refractivity (Wildman–Crippen MR) is 84.1 cm³/mol. The summed E-state index contributed by atoms with van der Waals surface area (Å²) < 4.78 is 19.2. The van der Waals surface area contributed by atoms with Crippen molar-refractivity contribution < 1.29 is 9.13 Å². The number of ether oxygens (including phenoxy) is 1. The van der Waals surface area contributed by atoms with Gasteiger partial charge in [-0.05, 0) is 61.6 Å². The molecule has 0 amide bonds. The van der Waals surface area contributed by atoms with Gasteiger partial charge in [-0.2, -0.15) is 0 Å². The molecule has 1 atom stereocenters. The lowest BCUT2D eigenvalue weighted by molar-refractivity contribution is 0.414. The first-order valence-electron chi connectivity index (χ1n) is 7.16. The molecule has 0 bridgehead atoms. The topological polar surface area (TPSA) is 35.2 Å². The van der Waals surface area contributed by atoms with Crippen LogP contribution in [0.3, 0.4) is 0 Å². The van der Waals surface area contributed by atoms with E-state index in [1.54, 1.807) is 13.2 Å². The maximum Gasteiger partial charge on any atom is 0.128 e. The summed E-state index contributed by atoms with van der Waals surface area (Å²) in [6.07, 6.45) is 1.53. The molecule has 112 valence electrons. The van der Waals surface area contributed by atoms with Gasteiger partial charge in [-0.25, -0.2) is 4.39 Å². The molecule has 0 aliphatic carbocycles. The minimum atomic E-state index is -0.285. The van der Waals surface area contributed by atoms with Crippen molar-refractivity contribution in [3.8, 4) is 5.75 Å². The molecule has 3 heteroatoms. The monoisotopic (exact) mass is 287 g/mol. The van der Waals surface area contributed by atoms with Gasteiger partial charge in [0.1, 0.15) is 11.6 Å². The van der Waals surface area contributed by atoms with Gasteiger partial charge in [0.15, 0.2) is 0 Å². The lowest BCUT2D eigenvalue weighted by Gasteiger charge is -2.16. The molecule has 0 fully saturated rings. The van der Waals surface area contributed by atoms with E-state index in [-0.39, 0.29) is 11.9 Å². The van der Waals surface area contributed by atoms with E-state index in [2.05, 4.69) is 0 Å². The summed E-state index contributed by atoms with van der Waals surface area (Å²) >= 11 is 0. The molecular weight excluding hydrogens is 265 g/mol. The molecule has 2 nitrogen and oxygen atoms in total. The highest BCUT2D eigenvalue weighted by atomic mass is 19.1. The van der Waals surface area contributed by atoms with Crippen molar-refractivity contribution in [1.82, 2.24) is 0 Å². The van der Waals surface area contributed by atoms with E-state index >= 15 is 0 Å². The molecular formula is C18H22FNO. The summed E-state index contributed by atoms with van der Waals surface area (Å²) in [6, 6.07) is 11.1. The fourth-order valence-electron chi connectivity index (χ4n) is 2.66. The van der Waals surface area contributed by atoms with E-state index in [1.165, 1.54) is 5.56 Å². The first-order valence-corrected chi connectivity index (χ1v) is 7.16. The van der Waals surface area contributed by atoms with Crippen LogP contribution in [0.1, 0.15) is 34.7 Å². The van der Waals surface area contributed by atoms with Gasteiger partial charge < -0.3 is 10.5 Å². The highest BCUT2D eigenvalue weighted by molar-refractivity contribution is 5.34. The van der Waals surface area contributed by atoms with Crippen molar-refractivity contribution in [3.63, 3.8) is 0 Å². The van der Waals surface area contributed by atoms with Crippen molar-refractivity contribution in [2.75, 3.05) is 7.11 Å². The van der Waals surface area contributed by atoms with Crippen LogP contribution in [0, 0.1) is 19.7 Å². The Morgan fingerprint density at radius 1 is 1.14 bits per heavy atom. The molecule has 0 saturated carbocycles. The molecule has 2 rings (SSSR count). The van der Waals surface area contributed by atoms with Gasteiger partial charge in [0.2, 0.25) is 0 Å². The number of rotatable bonds is 5. The number of hydrogen-bond acceptors (Lipinski definition) is 2. The van der Waals surface area contributed by atoms with Crippen LogP contribution in [0.4, 0.5) is 4.39 Å². The summed E-state index contributed by atoms with van der Waals surface area (Å²) in [6.45, 7) is 3.81. The predicted octanol–water partition coefficient (Wildman–Crippen LogP) is 4.08. The molecule has 0 saturated heterocycles. The lowest BCUT2D eigenvalue weighted by atomic mass is 9.94. The zero-order valence-electron chi connectivity index (χ0n) is 12.8. The van der Waals surface area contributed by atoms with Gasteiger partial charge >= 0.3 is 0 Å². The van der Waals surface area contributed by atoms with E-state index < -0.39 is 0 Å². The Bertz CT molecular complexity index is 584. The van der Waals surface area contributed by atoms with Crippen LogP contribution in [0.15, 0.2) is 36.4 Å². The highest BCUT2D eigenvalue weighted by Gasteiger charge is 2.15. The zero-order chi connectivity index (χ0) is 15.4. The summed E-state index contributed by atoms with van der Waals surface area (Å²) in [4.78, 5) is 0. The molecule has 0 aliphatic rings.